The highest BCUT2D eigenvalue weighted by atomic mass is 19.1. The predicted molar refractivity (Wildman–Crippen MR) is 72.6 cm³/mol. The Balaban J connectivity index is 2.05. The van der Waals surface area contributed by atoms with E-state index in [1.165, 1.54) is 6.07 Å². The van der Waals surface area contributed by atoms with Crippen molar-refractivity contribution in [2.24, 2.45) is 0 Å². The predicted octanol–water partition coefficient (Wildman–Crippen LogP) is 1.24. The number of hydrogen-bond donors (Lipinski definition) is 1. The summed E-state index contributed by atoms with van der Waals surface area (Å²) in [6.07, 6.45) is 0. The van der Waals surface area contributed by atoms with Crippen molar-refractivity contribution in [1.82, 2.24) is 15.0 Å². The highest BCUT2D eigenvalue weighted by molar-refractivity contribution is 5.59. The summed E-state index contributed by atoms with van der Waals surface area (Å²) in [7, 11) is 0. The van der Waals surface area contributed by atoms with Gasteiger partial charge in [0, 0.05) is 13.1 Å². The zero-order valence-electron chi connectivity index (χ0n) is 11.1. The monoisotopic (exact) mass is 293 g/mol. The summed E-state index contributed by atoms with van der Waals surface area (Å²) in [5.41, 5.74) is 5.33. The molecular weight excluding hydrogens is 280 g/mol. The summed E-state index contributed by atoms with van der Waals surface area (Å²) in [4.78, 5) is 13.8. The van der Waals surface area contributed by atoms with Gasteiger partial charge in [0.05, 0.1) is 18.8 Å². The highest BCUT2D eigenvalue weighted by Gasteiger charge is 2.19. The van der Waals surface area contributed by atoms with Crippen molar-refractivity contribution in [3.8, 4) is 11.4 Å². The molecule has 1 saturated heterocycles. The van der Waals surface area contributed by atoms with Crippen molar-refractivity contribution in [2.75, 3.05) is 36.9 Å². The van der Waals surface area contributed by atoms with Crippen LogP contribution in [0.15, 0.2) is 18.2 Å². The molecule has 21 heavy (non-hydrogen) atoms. The first kappa shape index (κ1) is 13.6. The Kier molecular flexibility index (Phi) is 3.61. The number of nitrogens with zero attached hydrogens (tertiary/aromatic N) is 4. The van der Waals surface area contributed by atoms with Crippen LogP contribution in [-0.2, 0) is 4.74 Å². The first-order chi connectivity index (χ1) is 10.1. The first-order valence-electron chi connectivity index (χ1n) is 6.44. The maximum Gasteiger partial charge on any atom is 0.230 e. The van der Waals surface area contributed by atoms with Gasteiger partial charge in [-0.25, -0.2) is 8.78 Å². The number of aromatic nitrogens is 3. The smallest absolute Gasteiger partial charge is 0.230 e. The van der Waals surface area contributed by atoms with Gasteiger partial charge in [-0.3, -0.25) is 0 Å². The number of ether oxygens (including phenoxy) is 1. The molecule has 1 aromatic heterocycles. The summed E-state index contributed by atoms with van der Waals surface area (Å²) in [5.74, 6) is -1.38. The Morgan fingerprint density at radius 1 is 1.05 bits per heavy atom. The molecular formula is C13H13F2N5O. The molecule has 2 N–H and O–H groups in total. The Hall–Kier alpha value is -2.35. The second-order valence-electron chi connectivity index (χ2n) is 4.51. The summed E-state index contributed by atoms with van der Waals surface area (Å²) >= 11 is 0. The number of halogens is 2. The number of rotatable bonds is 2. The molecule has 2 aromatic rings. The van der Waals surface area contributed by atoms with Crippen LogP contribution in [0.1, 0.15) is 0 Å². The topological polar surface area (TPSA) is 77.2 Å². The molecule has 0 unspecified atom stereocenters. The fourth-order valence-electron chi connectivity index (χ4n) is 2.11. The molecule has 2 heterocycles. The van der Waals surface area contributed by atoms with E-state index in [0.29, 0.717) is 32.3 Å². The Morgan fingerprint density at radius 2 is 1.71 bits per heavy atom. The van der Waals surface area contributed by atoms with E-state index in [1.54, 1.807) is 0 Å². The van der Waals surface area contributed by atoms with Gasteiger partial charge in [0.25, 0.3) is 0 Å². The van der Waals surface area contributed by atoms with Crippen molar-refractivity contribution in [3.63, 3.8) is 0 Å². The third-order valence-corrected chi connectivity index (χ3v) is 3.12. The average molecular weight is 293 g/mol. The lowest BCUT2D eigenvalue weighted by Crippen LogP contribution is -2.37. The summed E-state index contributed by atoms with van der Waals surface area (Å²) < 4.78 is 32.9. The van der Waals surface area contributed by atoms with E-state index in [0.717, 1.165) is 12.1 Å². The quantitative estimate of drug-likeness (QED) is 0.897. The van der Waals surface area contributed by atoms with Crippen molar-refractivity contribution in [2.45, 2.75) is 0 Å². The zero-order chi connectivity index (χ0) is 14.8. The van der Waals surface area contributed by atoms with Gasteiger partial charge in [-0.1, -0.05) is 6.07 Å². The number of hydrogen-bond acceptors (Lipinski definition) is 6. The summed E-state index contributed by atoms with van der Waals surface area (Å²) in [6.45, 7) is 2.25. The molecule has 8 heteroatoms. The Morgan fingerprint density at radius 3 is 2.38 bits per heavy atom. The van der Waals surface area contributed by atoms with Crippen LogP contribution >= 0.6 is 0 Å². The van der Waals surface area contributed by atoms with Gasteiger partial charge in [-0.2, -0.15) is 15.0 Å². The van der Waals surface area contributed by atoms with Crippen LogP contribution in [0.3, 0.4) is 0 Å². The molecule has 1 aliphatic heterocycles. The molecule has 0 aliphatic carbocycles. The van der Waals surface area contributed by atoms with Crippen LogP contribution in [-0.4, -0.2) is 41.3 Å². The van der Waals surface area contributed by atoms with Crippen LogP contribution < -0.4 is 10.6 Å². The third-order valence-electron chi connectivity index (χ3n) is 3.12. The maximum absolute atomic E-state index is 13.8. The number of nitrogen functional groups attached to an aromatic ring is 1. The molecule has 6 nitrogen and oxygen atoms in total. The molecule has 1 aromatic carbocycles. The van der Waals surface area contributed by atoms with E-state index in [2.05, 4.69) is 15.0 Å². The van der Waals surface area contributed by atoms with Gasteiger partial charge in [0.15, 0.2) is 5.82 Å². The molecule has 1 fully saturated rings. The van der Waals surface area contributed by atoms with E-state index < -0.39 is 11.6 Å². The van der Waals surface area contributed by atoms with Gasteiger partial charge >= 0.3 is 0 Å². The lowest BCUT2D eigenvalue weighted by Gasteiger charge is -2.26. The van der Waals surface area contributed by atoms with E-state index in [1.807, 2.05) is 4.90 Å². The SMILES string of the molecule is Nc1nc(-c2c(F)cccc2F)nc(N2CCOCC2)n1. The largest absolute Gasteiger partial charge is 0.378 e. The van der Waals surface area contributed by atoms with Crippen LogP contribution in [0.5, 0.6) is 0 Å². The zero-order valence-corrected chi connectivity index (χ0v) is 11.1. The van der Waals surface area contributed by atoms with Gasteiger partial charge in [0.1, 0.15) is 11.6 Å². The fourth-order valence-corrected chi connectivity index (χ4v) is 2.11. The van der Waals surface area contributed by atoms with Crippen molar-refractivity contribution in [3.05, 3.63) is 29.8 Å². The Labute approximate surface area is 119 Å². The van der Waals surface area contributed by atoms with E-state index >= 15 is 0 Å². The molecule has 0 saturated carbocycles. The van der Waals surface area contributed by atoms with Crippen LogP contribution in [0.2, 0.25) is 0 Å². The van der Waals surface area contributed by atoms with Crippen LogP contribution in [0.25, 0.3) is 11.4 Å². The lowest BCUT2D eigenvalue weighted by atomic mass is 10.2. The van der Waals surface area contributed by atoms with Crippen molar-refractivity contribution < 1.29 is 13.5 Å². The minimum absolute atomic E-state index is 0.0795. The average Bonchev–Trinajstić information content (AvgIpc) is 2.47. The first-order valence-corrected chi connectivity index (χ1v) is 6.44. The molecule has 110 valence electrons. The summed E-state index contributed by atoms with van der Waals surface area (Å²) in [6, 6.07) is 3.57. The highest BCUT2D eigenvalue weighted by Crippen LogP contribution is 2.24. The number of morpholine rings is 1. The second kappa shape index (κ2) is 5.57. The lowest BCUT2D eigenvalue weighted by molar-refractivity contribution is 0.122. The van der Waals surface area contributed by atoms with E-state index in [-0.39, 0.29) is 17.3 Å². The Bertz CT molecular complexity index is 641. The van der Waals surface area contributed by atoms with E-state index in [4.69, 9.17) is 10.5 Å². The fraction of sp³-hybridized carbons (Fsp3) is 0.308. The second-order valence-corrected chi connectivity index (χ2v) is 4.51. The standard InChI is InChI=1S/C13H13F2N5O/c14-8-2-1-3-9(15)10(8)11-17-12(16)19-13(18-11)20-4-6-21-7-5-20/h1-3H,4-7H2,(H2,16,17,18,19). The molecule has 3 rings (SSSR count). The third kappa shape index (κ3) is 2.75. The minimum Gasteiger partial charge on any atom is -0.378 e. The van der Waals surface area contributed by atoms with Gasteiger partial charge < -0.3 is 15.4 Å². The number of nitrogens with two attached hydrogens (primary N) is 1. The molecule has 0 atom stereocenters. The summed E-state index contributed by atoms with van der Waals surface area (Å²) in [5, 5.41) is 0. The van der Waals surface area contributed by atoms with Gasteiger partial charge in [-0.05, 0) is 12.1 Å². The molecule has 1 aliphatic rings. The molecule has 0 spiro atoms. The molecule has 0 amide bonds. The van der Waals surface area contributed by atoms with Crippen LogP contribution in [0, 0.1) is 11.6 Å². The number of anilines is 2. The molecule has 0 bridgehead atoms. The number of benzene rings is 1. The van der Waals surface area contributed by atoms with E-state index in [9.17, 15) is 8.78 Å². The van der Waals surface area contributed by atoms with Gasteiger partial charge in [-0.15, -0.1) is 0 Å². The van der Waals surface area contributed by atoms with Crippen molar-refractivity contribution >= 4 is 11.9 Å². The molecule has 0 radical (unpaired) electrons. The minimum atomic E-state index is -0.742. The normalized spacial score (nSPS) is 15.2. The van der Waals surface area contributed by atoms with Crippen LogP contribution in [0.4, 0.5) is 20.7 Å². The maximum atomic E-state index is 13.8. The van der Waals surface area contributed by atoms with Crippen molar-refractivity contribution in [1.29, 1.82) is 0 Å². The van der Waals surface area contributed by atoms with Gasteiger partial charge in [0.2, 0.25) is 11.9 Å².